The zero-order chi connectivity index (χ0) is 16.0. The monoisotopic (exact) mass is 298 g/mol. The van der Waals surface area contributed by atoms with Crippen LogP contribution in [0.2, 0.25) is 0 Å². The number of benzene rings is 1. The van der Waals surface area contributed by atoms with Crippen molar-refractivity contribution in [2.45, 2.75) is 19.4 Å². The minimum Gasteiger partial charge on any atom is -0.493 e. The summed E-state index contributed by atoms with van der Waals surface area (Å²) in [4.78, 5) is 11.8. The van der Waals surface area contributed by atoms with E-state index in [9.17, 15) is 9.90 Å². The lowest BCUT2D eigenvalue weighted by Crippen LogP contribution is -2.23. The van der Waals surface area contributed by atoms with Gasteiger partial charge < -0.3 is 24.1 Å². The van der Waals surface area contributed by atoms with Crippen molar-refractivity contribution in [3.8, 4) is 17.2 Å². The number of esters is 1. The van der Waals surface area contributed by atoms with E-state index in [4.69, 9.17) is 18.9 Å². The molecule has 2 unspecified atom stereocenters. The highest BCUT2D eigenvalue weighted by Crippen LogP contribution is 2.44. The zero-order valence-corrected chi connectivity index (χ0v) is 13.0. The number of carbonyl (C=O) groups excluding carboxylic acids is 1. The third kappa shape index (κ3) is 3.39. The Labute approximate surface area is 124 Å². The van der Waals surface area contributed by atoms with E-state index in [-0.39, 0.29) is 0 Å². The number of carbonyl (C=O) groups is 1. The zero-order valence-electron chi connectivity index (χ0n) is 13.0. The number of ether oxygens (including phenoxy) is 4. The summed E-state index contributed by atoms with van der Waals surface area (Å²) in [5.41, 5.74) is 0.451. The van der Waals surface area contributed by atoms with Gasteiger partial charge in [0.25, 0.3) is 0 Å². The van der Waals surface area contributed by atoms with Gasteiger partial charge in [-0.25, -0.2) is 0 Å². The molecule has 6 nitrogen and oxygen atoms in total. The van der Waals surface area contributed by atoms with E-state index in [2.05, 4.69) is 0 Å². The number of aliphatic hydroxyl groups is 1. The second-order valence-corrected chi connectivity index (χ2v) is 4.41. The predicted molar refractivity (Wildman–Crippen MR) is 76.9 cm³/mol. The molecule has 0 aromatic heterocycles. The van der Waals surface area contributed by atoms with Crippen molar-refractivity contribution in [1.82, 2.24) is 0 Å². The van der Waals surface area contributed by atoms with Crippen molar-refractivity contribution >= 4 is 5.97 Å². The molecular formula is C15H22O6. The highest BCUT2D eigenvalue weighted by molar-refractivity contribution is 5.73. The molecule has 2 atom stereocenters. The van der Waals surface area contributed by atoms with Crippen LogP contribution in [0.5, 0.6) is 17.2 Å². The lowest BCUT2D eigenvalue weighted by Gasteiger charge is -2.23. The largest absolute Gasteiger partial charge is 0.493 e. The molecule has 6 heteroatoms. The molecule has 118 valence electrons. The SMILES string of the molecule is CCC(C(=O)OC)C(O)c1ccc(OC)c(OC)c1OC. The molecule has 1 aromatic carbocycles. The van der Waals surface area contributed by atoms with Gasteiger partial charge in [-0.15, -0.1) is 0 Å². The van der Waals surface area contributed by atoms with Crippen LogP contribution in [-0.4, -0.2) is 39.5 Å². The van der Waals surface area contributed by atoms with Crippen LogP contribution in [0, 0.1) is 5.92 Å². The Balaban J connectivity index is 3.31. The van der Waals surface area contributed by atoms with Gasteiger partial charge in [-0.2, -0.15) is 0 Å². The normalized spacial score (nSPS) is 13.2. The lowest BCUT2D eigenvalue weighted by molar-refractivity contribution is -0.149. The summed E-state index contributed by atoms with van der Waals surface area (Å²) in [7, 11) is 5.75. The third-order valence-electron chi connectivity index (χ3n) is 3.38. The molecule has 0 bridgehead atoms. The number of methoxy groups -OCH3 is 4. The molecule has 0 saturated carbocycles. The van der Waals surface area contributed by atoms with Crippen LogP contribution < -0.4 is 14.2 Å². The maximum absolute atomic E-state index is 11.8. The molecule has 0 aliphatic heterocycles. The number of hydrogen-bond acceptors (Lipinski definition) is 6. The van der Waals surface area contributed by atoms with E-state index in [0.717, 1.165) is 0 Å². The van der Waals surface area contributed by atoms with E-state index in [1.807, 2.05) is 0 Å². The van der Waals surface area contributed by atoms with Gasteiger partial charge in [0.2, 0.25) is 5.75 Å². The van der Waals surface area contributed by atoms with E-state index in [1.165, 1.54) is 28.4 Å². The molecule has 0 aliphatic carbocycles. The van der Waals surface area contributed by atoms with Crippen LogP contribution >= 0.6 is 0 Å². The molecule has 21 heavy (non-hydrogen) atoms. The van der Waals surface area contributed by atoms with Crippen molar-refractivity contribution in [1.29, 1.82) is 0 Å². The Kier molecular flexibility index (Phi) is 6.30. The van der Waals surface area contributed by atoms with Gasteiger partial charge in [-0.05, 0) is 18.6 Å². The van der Waals surface area contributed by atoms with Gasteiger partial charge in [0.15, 0.2) is 11.5 Å². The van der Waals surface area contributed by atoms with E-state index in [1.54, 1.807) is 19.1 Å². The average Bonchev–Trinajstić information content (AvgIpc) is 2.53. The summed E-state index contributed by atoms with van der Waals surface area (Å²) < 4.78 is 20.5. The third-order valence-corrected chi connectivity index (χ3v) is 3.38. The van der Waals surface area contributed by atoms with E-state index in [0.29, 0.717) is 29.2 Å². The Morgan fingerprint density at radius 2 is 1.71 bits per heavy atom. The van der Waals surface area contributed by atoms with Gasteiger partial charge in [-0.3, -0.25) is 4.79 Å². The fraction of sp³-hybridized carbons (Fsp3) is 0.533. The Morgan fingerprint density at radius 3 is 2.14 bits per heavy atom. The number of rotatable bonds is 7. The molecule has 1 rings (SSSR count). The maximum Gasteiger partial charge on any atom is 0.311 e. The summed E-state index contributed by atoms with van der Waals surface area (Å²) in [5, 5.41) is 10.5. The van der Waals surface area contributed by atoms with Crippen LogP contribution in [0.3, 0.4) is 0 Å². The van der Waals surface area contributed by atoms with Crippen molar-refractivity contribution in [3.05, 3.63) is 17.7 Å². The summed E-state index contributed by atoms with van der Waals surface area (Å²) in [6.45, 7) is 1.80. The molecule has 0 saturated heterocycles. The first-order valence-electron chi connectivity index (χ1n) is 6.60. The van der Waals surface area contributed by atoms with Crippen LogP contribution in [0.1, 0.15) is 25.0 Å². The van der Waals surface area contributed by atoms with Gasteiger partial charge in [0, 0.05) is 5.56 Å². The van der Waals surface area contributed by atoms with Gasteiger partial charge in [-0.1, -0.05) is 6.92 Å². The molecule has 0 heterocycles. The summed E-state index contributed by atoms with van der Waals surface area (Å²) in [6, 6.07) is 3.31. The molecule has 0 fully saturated rings. The van der Waals surface area contributed by atoms with Crippen molar-refractivity contribution in [3.63, 3.8) is 0 Å². The molecule has 0 amide bonds. The summed E-state index contributed by atoms with van der Waals surface area (Å²) in [6.07, 6.45) is -0.622. The minimum atomic E-state index is -1.06. The summed E-state index contributed by atoms with van der Waals surface area (Å²) in [5.74, 6) is 0.0447. The van der Waals surface area contributed by atoms with Crippen LogP contribution in [0.4, 0.5) is 0 Å². The topological polar surface area (TPSA) is 74.2 Å². The molecule has 1 N–H and O–H groups in total. The van der Waals surface area contributed by atoms with Crippen molar-refractivity contribution in [2.24, 2.45) is 5.92 Å². The number of hydrogen-bond donors (Lipinski definition) is 1. The van der Waals surface area contributed by atoms with Gasteiger partial charge in [0.05, 0.1) is 40.5 Å². The predicted octanol–water partition coefficient (Wildman–Crippen LogP) is 1.94. The molecular weight excluding hydrogens is 276 g/mol. The first-order valence-corrected chi connectivity index (χ1v) is 6.60. The second-order valence-electron chi connectivity index (χ2n) is 4.41. The average molecular weight is 298 g/mol. The molecule has 0 aliphatic rings. The molecule has 0 spiro atoms. The second kappa shape index (κ2) is 7.73. The fourth-order valence-corrected chi connectivity index (χ4v) is 2.24. The minimum absolute atomic E-state index is 0.340. The van der Waals surface area contributed by atoms with Crippen molar-refractivity contribution < 1.29 is 28.8 Å². The van der Waals surface area contributed by atoms with Crippen LogP contribution in [-0.2, 0) is 9.53 Å². The Bertz CT molecular complexity index is 485. The number of aliphatic hydroxyl groups excluding tert-OH is 1. The molecule has 0 radical (unpaired) electrons. The smallest absolute Gasteiger partial charge is 0.311 e. The molecule has 1 aromatic rings. The first kappa shape index (κ1) is 17.1. The first-order chi connectivity index (χ1) is 10.0. The maximum atomic E-state index is 11.8. The van der Waals surface area contributed by atoms with Gasteiger partial charge in [0.1, 0.15) is 0 Å². The quantitative estimate of drug-likeness (QED) is 0.776. The van der Waals surface area contributed by atoms with Crippen LogP contribution in [0.15, 0.2) is 12.1 Å². The fourth-order valence-electron chi connectivity index (χ4n) is 2.24. The van der Waals surface area contributed by atoms with E-state index >= 15 is 0 Å². The van der Waals surface area contributed by atoms with Crippen LogP contribution in [0.25, 0.3) is 0 Å². The summed E-state index contributed by atoms with van der Waals surface area (Å²) >= 11 is 0. The van der Waals surface area contributed by atoms with E-state index < -0.39 is 18.0 Å². The Hall–Kier alpha value is -1.95. The Morgan fingerprint density at radius 1 is 1.10 bits per heavy atom. The van der Waals surface area contributed by atoms with Gasteiger partial charge >= 0.3 is 5.97 Å². The lowest BCUT2D eigenvalue weighted by atomic mass is 9.92. The highest BCUT2D eigenvalue weighted by Gasteiger charge is 2.31. The standard InChI is InChI=1S/C15H22O6/c1-6-9(15(17)21-5)12(16)10-7-8-11(18-2)14(20-4)13(10)19-3/h7-9,12,16H,6H2,1-5H3. The van der Waals surface area contributed by atoms with Crippen molar-refractivity contribution in [2.75, 3.05) is 28.4 Å². The highest BCUT2D eigenvalue weighted by atomic mass is 16.5.